The van der Waals surface area contributed by atoms with Gasteiger partial charge in [0, 0.05) is 31.0 Å². The van der Waals surface area contributed by atoms with Gasteiger partial charge in [-0.05, 0) is 12.1 Å². The first-order valence-electron chi connectivity index (χ1n) is 6.21. The van der Waals surface area contributed by atoms with Gasteiger partial charge in [-0.3, -0.25) is 9.59 Å². The topological polar surface area (TPSA) is 75.4 Å². The maximum atomic E-state index is 11.9. The SMILES string of the molecule is NCCNC(=O)CCN1C(=O)CSc2ccccc21. The fourth-order valence-corrected chi connectivity index (χ4v) is 2.85. The number of carbonyl (C=O) groups is 2. The lowest BCUT2D eigenvalue weighted by Crippen LogP contribution is -2.39. The summed E-state index contributed by atoms with van der Waals surface area (Å²) in [5.74, 6) is 0.408. The van der Waals surface area contributed by atoms with E-state index in [1.165, 1.54) is 0 Å². The Labute approximate surface area is 116 Å². The summed E-state index contributed by atoms with van der Waals surface area (Å²) in [5, 5.41) is 2.70. The van der Waals surface area contributed by atoms with Crippen molar-refractivity contribution in [3.05, 3.63) is 24.3 Å². The van der Waals surface area contributed by atoms with Crippen LogP contribution in [0.5, 0.6) is 0 Å². The molecule has 1 heterocycles. The van der Waals surface area contributed by atoms with Gasteiger partial charge in [0.15, 0.2) is 0 Å². The molecular formula is C13H17N3O2S. The number of nitrogens with two attached hydrogens (primary N) is 1. The maximum absolute atomic E-state index is 11.9. The second-order valence-corrected chi connectivity index (χ2v) is 5.21. The summed E-state index contributed by atoms with van der Waals surface area (Å²) in [6.45, 7) is 1.31. The molecule has 1 aromatic carbocycles. The van der Waals surface area contributed by atoms with Crippen molar-refractivity contribution in [3.8, 4) is 0 Å². The van der Waals surface area contributed by atoms with Crippen LogP contribution in [0.4, 0.5) is 5.69 Å². The number of hydrogen-bond acceptors (Lipinski definition) is 4. The number of thioether (sulfide) groups is 1. The fourth-order valence-electron chi connectivity index (χ4n) is 1.91. The Kier molecular flexibility index (Phi) is 4.81. The zero-order chi connectivity index (χ0) is 13.7. The van der Waals surface area contributed by atoms with E-state index in [4.69, 9.17) is 5.73 Å². The number of anilines is 1. The van der Waals surface area contributed by atoms with Gasteiger partial charge in [-0.2, -0.15) is 0 Å². The molecule has 0 saturated heterocycles. The van der Waals surface area contributed by atoms with Crippen molar-refractivity contribution in [2.24, 2.45) is 5.73 Å². The highest BCUT2D eigenvalue weighted by molar-refractivity contribution is 8.00. The van der Waals surface area contributed by atoms with Crippen LogP contribution in [0.3, 0.4) is 0 Å². The Morgan fingerprint density at radius 1 is 1.42 bits per heavy atom. The molecule has 6 heteroatoms. The first-order chi connectivity index (χ1) is 9.22. The van der Waals surface area contributed by atoms with Crippen LogP contribution in [0, 0.1) is 0 Å². The quantitative estimate of drug-likeness (QED) is 0.827. The van der Waals surface area contributed by atoms with Crippen LogP contribution in [0.25, 0.3) is 0 Å². The largest absolute Gasteiger partial charge is 0.355 e. The normalized spacial score (nSPS) is 14.2. The average Bonchev–Trinajstić information content (AvgIpc) is 2.44. The first-order valence-corrected chi connectivity index (χ1v) is 7.20. The Morgan fingerprint density at radius 3 is 3.00 bits per heavy atom. The maximum Gasteiger partial charge on any atom is 0.237 e. The van der Waals surface area contributed by atoms with Crippen molar-refractivity contribution in [1.29, 1.82) is 0 Å². The lowest BCUT2D eigenvalue weighted by Gasteiger charge is -2.28. The van der Waals surface area contributed by atoms with Crippen LogP contribution in [0.2, 0.25) is 0 Å². The highest BCUT2D eigenvalue weighted by Crippen LogP contribution is 2.34. The molecule has 1 aromatic rings. The molecule has 5 nitrogen and oxygen atoms in total. The van der Waals surface area contributed by atoms with Crippen LogP contribution in [0.1, 0.15) is 6.42 Å². The van der Waals surface area contributed by atoms with Gasteiger partial charge in [0.05, 0.1) is 11.4 Å². The third-order valence-corrected chi connectivity index (χ3v) is 3.88. The van der Waals surface area contributed by atoms with Gasteiger partial charge in [-0.15, -0.1) is 11.8 Å². The number of nitrogens with zero attached hydrogens (tertiary/aromatic N) is 1. The molecule has 0 aliphatic carbocycles. The number of fused-ring (bicyclic) bond motifs is 1. The number of hydrogen-bond donors (Lipinski definition) is 2. The number of amides is 2. The van der Waals surface area contributed by atoms with E-state index < -0.39 is 0 Å². The lowest BCUT2D eigenvalue weighted by molar-refractivity contribution is -0.121. The van der Waals surface area contributed by atoms with Crippen LogP contribution in [-0.2, 0) is 9.59 Å². The molecular weight excluding hydrogens is 262 g/mol. The molecule has 0 saturated carbocycles. The monoisotopic (exact) mass is 279 g/mol. The molecule has 0 aromatic heterocycles. The van der Waals surface area contributed by atoms with Crippen molar-refractivity contribution in [2.75, 3.05) is 30.3 Å². The summed E-state index contributed by atoms with van der Waals surface area (Å²) in [5.41, 5.74) is 6.22. The lowest BCUT2D eigenvalue weighted by atomic mass is 10.2. The fraction of sp³-hybridized carbons (Fsp3) is 0.385. The molecule has 102 valence electrons. The van der Waals surface area contributed by atoms with E-state index in [2.05, 4.69) is 5.32 Å². The second-order valence-electron chi connectivity index (χ2n) is 4.19. The van der Waals surface area contributed by atoms with Crippen molar-refractivity contribution in [1.82, 2.24) is 5.32 Å². The Bertz CT molecular complexity index is 479. The summed E-state index contributed by atoms with van der Waals surface area (Å²) in [4.78, 5) is 26.3. The smallest absolute Gasteiger partial charge is 0.237 e. The van der Waals surface area contributed by atoms with E-state index in [1.807, 2.05) is 24.3 Å². The summed E-state index contributed by atoms with van der Waals surface area (Å²) in [7, 11) is 0. The molecule has 0 spiro atoms. The van der Waals surface area contributed by atoms with Crippen molar-refractivity contribution >= 4 is 29.3 Å². The van der Waals surface area contributed by atoms with Gasteiger partial charge in [0.25, 0.3) is 0 Å². The third kappa shape index (κ3) is 3.48. The van der Waals surface area contributed by atoms with E-state index in [-0.39, 0.29) is 11.8 Å². The van der Waals surface area contributed by atoms with Gasteiger partial charge in [0.2, 0.25) is 11.8 Å². The van der Waals surface area contributed by atoms with Crippen LogP contribution >= 0.6 is 11.8 Å². The van der Waals surface area contributed by atoms with E-state index in [9.17, 15) is 9.59 Å². The average molecular weight is 279 g/mol. The molecule has 2 rings (SSSR count). The van der Waals surface area contributed by atoms with Gasteiger partial charge >= 0.3 is 0 Å². The van der Waals surface area contributed by atoms with Crippen LogP contribution in [-0.4, -0.2) is 37.2 Å². The van der Waals surface area contributed by atoms with Crippen LogP contribution in [0.15, 0.2) is 29.2 Å². The molecule has 19 heavy (non-hydrogen) atoms. The number of carbonyl (C=O) groups excluding carboxylic acids is 2. The van der Waals surface area contributed by atoms with Gasteiger partial charge in [0.1, 0.15) is 0 Å². The second kappa shape index (κ2) is 6.58. The predicted octanol–water partition coefficient (Wildman–Crippen LogP) is 0.590. The summed E-state index contributed by atoms with van der Waals surface area (Å²) in [6.07, 6.45) is 0.296. The van der Waals surface area contributed by atoms with E-state index in [0.717, 1.165) is 10.6 Å². The summed E-state index contributed by atoms with van der Waals surface area (Å²) in [6, 6.07) is 7.76. The van der Waals surface area contributed by atoms with Gasteiger partial charge in [-0.1, -0.05) is 12.1 Å². The molecule has 0 bridgehead atoms. The highest BCUT2D eigenvalue weighted by Gasteiger charge is 2.24. The summed E-state index contributed by atoms with van der Waals surface area (Å²) >= 11 is 1.54. The van der Waals surface area contributed by atoms with E-state index >= 15 is 0 Å². The molecule has 1 aliphatic heterocycles. The highest BCUT2D eigenvalue weighted by atomic mass is 32.2. The van der Waals surface area contributed by atoms with Gasteiger partial charge in [-0.25, -0.2) is 0 Å². The van der Waals surface area contributed by atoms with Crippen molar-refractivity contribution < 1.29 is 9.59 Å². The molecule has 0 radical (unpaired) electrons. The number of para-hydroxylation sites is 1. The Balaban J connectivity index is 1.99. The number of nitrogens with one attached hydrogen (secondary N) is 1. The van der Waals surface area contributed by atoms with Gasteiger partial charge < -0.3 is 16.0 Å². The van der Waals surface area contributed by atoms with E-state index in [0.29, 0.717) is 31.8 Å². The summed E-state index contributed by atoms with van der Waals surface area (Å²) < 4.78 is 0. The Hall–Kier alpha value is -1.53. The van der Waals surface area contributed by atoms with E-state index in [1.54, 1.807) is 16.7 Å². The third-order valence-electron chi connectivity index (χ3n) is 2.84. The minimum absolute atomic E-state index is 0.0512. The molecule has 0 unspecified atom stereocenters. The minimum atomic E-state index is -0.0750. The number of rotatable bonds is 5. The molecule has 2 amide bonds. The van der Waals surface area contributed by atoms with Crippen molar-refractivity contribution in [3.63, 3.8) is 0 Å². The standard InChI is InChI=1S/C13H17N3O2S/c14-6-7-15-12(17)5-8-16-10-3-1-2-4-11(10)19-9-13(16)18/h1-4H,5-9,14H2,(H,15,17). The molecule has 0 atom stereocenters. The first kappa shape index (κ1) is 13.9. The van der Waals surface area contributed by atoms with Crippen molar-refractivity contribution in [2.45, 2.75) is 11.3 Å². The predicted molar refractivity (Wildman–Crippen MR) is 76.2 cm³/mol. The van der Waals surface area contributed by atoms with Crippen LogP contribution < -0.4 is 16.0 Å². The molecule has 3 N–H and O–H groups in total. The zero-order valence-electron chi connectivity index (χ0n) is 10.6. The number of benzene rings is 1. The Morgan fingerprint density at radius 2 is 2.21 bits per heavy atom. The zero-order valence-corrected chi connectivity index (χ0v) is 11.4. The minimum Gasteiger partial charge on any atom is -0.355 e. The molecule has 1 aliphatic rings. The molecule has 0 fully saturated rings.